The molecule has 0 spiro atoms. The molecule has 2 amide bonds. The minimum atomic E-state index is -0.704. The Labute approximate surface area is 197 Å². The Morgan fingerprint density at radius 1 is 1.03 bits per heavy atom. The smallest absolute Gasteiger partial charge is 0.270 e. The van der Waals surface area contributed by atoms with Gasteiger partial charge in [-0.3, -0.25) is 14.9 Å². The second kappa shape index (κ2) is 9.42. The maximum Gasteiger partial charge on any atom is 0.270 e. The fourth-order valence-corrected chi connectivity index (χ4v) is 3.92. The van der Waals surface area contributed by atoms with Gasteiger partial charge in [-0.15, -0.1) is 0 Å². The molecule has 4 rings (SSSR count). The average Bonchev–Trinajstić information content (AvgIpc) is 2.78. The molecule has 0 aliphatic carbocycles. The number of anilines is 1. The summed E-state index contributed by atoms with van der Waals surface area (Å²) in [5.41, 5.74) is 1.42. The molecule has 1 N–H and O–H groups in total. The highest BCUT2D eigenvalue weighted by Crippen LogP contribution is 2.29. The zero-order chi connectivity index (χ0) is 22.7. The van der Waals surface area contributed by atoms with Gasteiger partial charge in [-0.2, -0.15) is 0 Å². The van der Waals surface area contributed by atoms with E-state index in [1.165, 1.54) is 24.3 Å². The number of rotatable bonds is 5. The first kappa shape index (κ1) is 21.9. The highest BCUT2D eigenvalue weighted by Gasteiger charge is 2.35. The number of nitrogens with zero attached hydrogens (tertiary/aromatic N) is 1. The van der Waals surface area contributed by atoms with E-state index < -0.39 is 17.6 Å². The van der Waals surface area contributed by atoms with Crippen LogP contribution in [0.25, 0.3) is 6.08 Å². The summed E-state index contributed by atoms with van der Waals surface area (Å²) < 4.78 is 20.8. The average molecular weight is 511 g/mol. The van der Waals surface area contributed by atoms with Crippen molar-refractivity contribution in [1.29, 1.82) is 0 Å². The normalized spacial score (nSPS) is 15.1. The van der Waals surface area contributed by atoms with Crippen molar-refractivity contribution >= 4 is 56.8 Å². The molecule has 1 heterocycles. The molecule has 0 unspecified atom stereocenters. The zero-order valence-corrected chi connectivity index (χ0v) is 19.0. The number of amides is 2. The molecule has 0 bridgehead atoms. The quantitative estimate of drug-likeness (QED) is 0.298. The van der Waals surface area contributed by atoms with Crippen molar-refractivity contribution in [2.45, 2.75) is 6.61 Å². The maximum absolute atomic E-state index is 14.3. The molecular weight excluding hydrogens is 495 g/mol. The van der Waals surface area contributed by atoms with Gasteiger partial charge in [-0.1, -0.05) is 48.5 Å². The Balaban J connectivity index is 1.58. The molecule has 0 aromatic heterocycles. The van der Waals surface area contributed by atoms with Crippen LogP contribution in [0.1, 0.15) is 11.1 Å². The molecule has 1 aliphatic heterocycles. The molecule has 0 saturated carbocycles. The number of carbonyl (C=O) groups excluding carboxylic acids is 2. The Morgan fingerprint density at radius 2 is 1.75 bits per heavy atom. The van der Waals surface area contributed by atoms with Crippen LogP contribution in [0, 0.1) is 5.82 Å². The molecular formula is C24H16BrFN2O3S. The van der Waals surface area contributed by atoms with Gasteiger partial charge in [-0.25, -0.2) is 9.29 Å². The van der Waals surface area contributed by atoms with E-state index >= 15 is 0 Å². The number of nitrogens with one attached hydrogen (secondary N) is 1. The summed E-state index contributed by atoms with van der Waals surface area (Å²) in [5.74, 6) is -1.36. The van der Waals surface area contributed by atoms with Crippen LogP contribution in [0.4, 0.5) is 10.1 Å². The molecule has 3 aromatic carbocycles. The summed E-state index contributed by atoms with van der Waals surface area (Å²) in [5, 5.41) is 2.27. The third-order valence-electron chi connectivity index (χ3n) is 4.70. The van der Waals surface area contributed by atoms with Crippen LogP contribution in [-0.2, 0) is 16.2 Å². The van der Waals surface area contributed by atoms with Gasteiger partial charge in [0.25, 0.3) is 11.8 Å². The van der Waals surface area contributed by atoms with Crippen molar-refractivity contribution < 1.29 is 18.7 Å². The fraction of sp³-hybridized carbons (Fsp3) is 0.0417. The number of para-hydroxylation sites is 1. The summed E-state index contributed by atoms with van der Waals surface area (Å²) in [7, 11) is 0. The van der Waals surface area contributed by atoms with Crippen LogP contribution in [0.15, 0.2) is 82.8 Å². The zero-order valence-electron chi connectivity index (χ0n) is 16.5. The summed E-state index contributed by atoms with van der Waals surface area (Å²) in [4.78, 5) is 26.4. The van der Waals surface area contributed by atoms with Crippen molar-refractivity contribution in [3.63, 3.8) is 0 Å². The predicted octanol–water partition coefficient (Wildman–Crippen LogP) is 5.00. The van der Waals surface area contributed by atoms with Crippen LogP contribution >= 0.6 is 28.1 Å². The molecule has 160 valence electrons. The third kappa shape index (κ3) is 4.61. The molecule has 5 nitrogen and oxygen atoms in total. The van der Waals surface area contributed by atoms with Gasteiger partial charge in [0.1, 0.15) is 23.7 Å². The molecule has 1 fully saturated rings. The third-order valence-corrected chi connectivity index (χ3v) is 5.60. The lowest BCUT2D eigenvalue weighted by molar-refractivity contribution is -0.122. The largest absolute Gasteiger partial charge is 0.488 e. The summed E-state index contributed by atoms with van der Waals surface area (Å²) in [6, 6.07) is 20.7. The van der Waals surface area contributed by atoms with E-state index in [1.54, 1.807) is 24.3 Å². The standard InChI is InChI=1S/C24H16BrFN2O3S/c25-18-13-16(10-11-21(18)31-14-15-6-2-1-3-7-15)12-17-22(29)27-24(32)28(23(17)30)20-9-5-4-8-19(20)26/h1-13H,14H2,(H,27,29,32)/b17-12+. The van der Waals surface area contributed by atoms with Gasteiger partial charge in [0.2, 0.25) is 0 Å². The Morgan fingerprint density at radius 3 is 2.47 bits per heavy atom. The predicted molar refractivity (Wildman–Crippen MR) is 128 cm³/mol. The van der Waals surface area contributed by atoms with Crippen molar-refractivity contribution in [3.8, 4) is 5.75 Å². The van der Waals surface area contributed by atoms with E-state index in [4.69, 9.17) is 17.0 Å². The van der Waals surface area contributed by atoms with Gasteiger partial charge in [0.05, 0.1) is 10.2 Å². The van der Waals surface area contributed by atoms with Gasteiger partial charge in [0.15, 0.2) is 5.11 Å². The van der Waals surface area contributed by atoms with Crippen LogP contribution in [0.2, 0.25) is 0 Å². The van der Waals surface area contributed by atoms with Gasteiger partial charge >= 0.3 is 0 Å². The van der Waals surface area contributed by atoms with E-state index in [0.717, 1.165) is 10.5 Å². The van der Waals surface area contributed by atoms with Gasteiger partial charge in [-0.05, 0) is 69.6 Å². The Kier molecular flexibility index (Phi) is 6.43. The maximum atomic E-state index is 14.3. The summed E-state index contributed by atoms with van der Waals surface area (Å²) in [6.07, 6.45) is 1.43. The SMILES string of the molecule is O=C1NC(=S)N(c2ccccc2F)C(=O)/C1=C/c1ccc(OCc2ccccc2)c(Br)c1. The molecule has 8 heteroatoms. The van der Waals surface area contributed by atoms with Gasteiger partial charge < -0.3 is 4.74 Å². The van der Waals surface area contributed by atoms with E-state index in [2.05, 4.69) is 21.2 Å². The number of thiocarbonyl (C=S) groups is 1. The number of halogens is 2. The van der Waals surface area contributed by atoms with Crippen LogP contribution in [0.3, 0.4) is 0 Å². The molecule has 3 aromatic rings. The molecule has 1 aliphatic rings. The number of hydrogen-bond acceptors (Lipinski definition) is 4. The van der Waals surface area contributed by atoms with Crippen molar-refractivity contribution in [2.24, 2.45) is 0 Å². The van der Waals surface area contributed by atoms with Crippen molar-refractivity contribution in [2.75, 3.05) is 4.90 Å². The van der Waals surface area contributed by atoms with Crippen LogP contribution < -0.4 is 15.0 Å². The molecule has 32 heavy (non-hydrogen) atoms. The summed E-state index contributed by atoms with van der Waals surface area (Å²) in [6.45, 7) is 0.399. The first-order chi connectivity index (χ1) is 15.4. The first-order valence-corrected chi connectivity index (χ1v) is 10.8. The monoisotopic (exact) mass is 510 g/mol. The highest BCUT2D eigenvalue weighted by molar-refractivity contribution is 9.10. The lowest BCUT2D eigenvalue weighted by Gasteiger charge is -2.29. The van der Waals surface area contributed by atoms with E-state index in [-0.39, 0.29) is 16.4 Å². The number of ether oxygens (including phenoxy) is 1. The topological polar surface area (TPSA) is 58.6 Å². The highest BCUT2D eigenvalue weighted by atomic mass is 79.9. The molecule has 0 atom stereocenters. The fourth-order valence-electron chi connectivity index (χ4n) is 3.14. The van der Waals surface area contributed by atoms with Crippen molar-refractivity contribution in [3.05, 3.63) is 99.8 Å². The lowest BCUT2D eigenvalue weighted by Crippen LogP contribution is -2.54. The lowest BCUT2D eigenvalue weighted by atomic mass is 10.1. The van der Waals surface area contributed by atoms with E-state index in [9.17, 15) is 14.0 Å². The van der Waals surface area contributed by atoms with Crippen molar-refractivity contribution in [1.82, 2.24) is 5.32 Å². The second-order valence-electron chi connectivity index (χ2n) is 6.87. The van der Waals surface area contributed by atoms with Crippen LogP contribution in [-0.4, -0.2) is 16.9 Å². The minimum Gasteiger partial charge on any atom is -0.488 e. The first-order valence-electron chi connectivity index (χ1n) is 9.56. The summed E-state index contributed by atoms with van der Waals surface area (Å²) >= 11 is 8.57. The van der Waals surface area contributed by atoms with E-state index in [1.807, 2.05) is 30.3 Å². The van der Waals surface area contributed by atoms with E-state index in [0.29, 0.717) is 22.4 Å². The minimum absolute atomic E-state index is 0.0285. The number of carbonyl (C=O) groups is 2. The van der Waals surface area contributed by atoms with Crippen LogP contribution in [0.5, 0.6) is 5.75 Å². The number of hydrogen-bond donors (Lipinski definition) is 1. The molecule has 0 radical (unpaired) electrons. The van der Waals surface area contributed by atoms with Gasteiger partial charge in [0, 0.05) is 0 Å². The second-order valence-corrected chi connectivity index (χ2v) is 8.11. The Hall–Kier alpha value is -3.36. The number of benzene rings is 3. The Bertz CT molecular complexity index is 1250. The molecule has 1 saturated heterocycles.